The van der Waals surface area contributed by atoms with Gasteiger partial charge in [-0.2, -0.15) is 18.4 Å². The Morgan fingerprint density at radius 1 is 1.09 bits per heavy atom. The molecule has 0 aliphatic carbocycles. The number of nitrogens with one attached hydrogen (secondary N) is 3. The van der Waals surface area contributed by atoms with Crippen LogP contribution in [0.15, 0.2) is 53.3 Å². The van der Waals surface area contributed by atoms with E-state index in [4.69, 9.17) is 4.74 Å². The molecule has 1 aliphatic heterocycles. The van der Waals surface area contributed by atoms with Gasteiger partial charge in [-0.05, 0) is 49.4 Å². The summed E-state index contributed by atoms with van der Waals surface area (Å²) in [6.45, 7) is 3.34. The highest BCUT2D eigenvalue weighted by Gasteiger charge is 2.29. The van der Waals surface area contributed by atoms with Crippen molar-refractivity contribution in [1.29, 1.82) is 5.26 Å². The van der Waals surface area contributed by atoms with Gasteiger partial charge in [-0.3, -0.25) is 23.9 Å². The summed E-state index contributed by atoms with van der Waals surface area (Å²) in [4.78, 5) is 42.3. The smallest absolute Gasteiger partial charge is 0.405 e. The molecular formula is C30H32F3N7O4S. The minimum atomic E-state index is -4.65. The number of thiazole rings is 1. The second kappa shape index (κ2) is 14.8. The number of benzene rings is 2. The number of hydrogen-bond donors (Lipinski definition) is 3. The van der Waals surface area contributed by atoms with Crippen LogP contribution in [0.5, 0.6) is 5.75 Å². The van der Waals surface area contributed by atoms with Crippen molar-refractivity contribution in [2.24, 2.45) is 0 Å². The molecule has 0 radical (unpaired) electrons. The van der Waals surface area contributed by atoms with Gasteiger partial charge in [0, 0.05) is 56.0 Å². The SMILES string of the molecule is CCn1c(=O)/c(=C\Nc2cccc(NC(=O)CN3CCN(c4ccc(OC)cc4)CC3)c2)s/c1=C(/C#N)C(=O)NCC(F)(F)F. The van der Waals surface area contributed by atoms with E-state index in [-0.39, 0.29) is 28.2 Å². The highest BCUT2D eigenvalue weighted by Crippen LogP contribution is 2.21. The number of anilines is 3. The van der Waals surface area contributed by atoms with E-state index in [0.717, 1.165) is 53.5 Å². The maximum atomic E-state index is 12.9. The van der Waals surface area contributed by atoms with Crippen molar-refractivity contribution >= 4 is 52.0 Å². The summed E-state index contributed by atoms with van der Waals surface area (Å²) in [5.41, 5.74) is 1.08. The zero-order valence-corrected chi connectivity index (χ0v) is 25.4. The van der Waals surface area contributed by atoms with Gasteiger partial charge >= 0.3 is 6.18 Å². The molecule has 1 fully saturated rings. The summed E-state index contributed by atoms with van der Waals surface area (Å²) in [5.74, 6) is -0.599. The lowest BCUT2D eigenvalue weighted by molar-refractivity contribution is -0.135. The molecule has 2 heterocycles. The molecular weight excluding hydrogens is 611 g/mol. The Balaban J connectivity index is 1.39. The fraction of sp³-hybridized carbons (Fsp3) is 0.333. The van der Waals surface area contributed by atoms with E-state index in [1.165, 1.54) is 6.20 Å². The molecule has 0 unspecified atom stereocenters. The molecule has 1 aliphatic rings. The van der Waals surface area contributed by atoms with Crippen LogP contribution in [-0.2, 0) is 16.1 Å². The number of rotatable bonds is 10. The molecule has 2 amide bonds. The average molecular weight is 644 g/mol. The molecule has 15 heteroatoms. The van der Waals surface area contributed by atoms with Crippen molar-refractivity contribution < 1.29 is 27.5 Å². The van der Waals surface area contributed by atoms with E-state index >= 15 is 0 Å². The first-order valence-corrected chi connectivity index (χ1v) is 14.8. The topological polar surface area (TPSA) is 132 Å². The monoisotopic (exact) mass is 643 g/mol. The third-order valence-corrected chi connectivity index (χ3v) is 8.05. The van der Waals surface area contributed by atoms with Crippen LogP contribution < -0.4 is 40.3 Å². The van der Waals surface area contributed by atoms with Gasteiger partial charge in [0.15, 0.2) is 5.57 Å². The molecule has 11 nitrogen and oxygen atoms in total. The molecule has 0 atom stereocenters. The minimum Gasteiger partial charge on any atom is -0.497 e. The molecule has 0 bridgehead atoms. The van der Waals surface area contributed by atoms with E-state index in [1.807, 2.05) is 24.3 Å². The van der Waals surface area contributed by atoms with Crippen LogP contribution in [0.3, 0.4) is 0 Å². The Hall–Kier alpha value is -4.81. The third kappa shape index (κ3) is 8.87. The number of alkyl halides is 3. The second-order valence-corrected chi connectivity index (χ2v) is 11.0. The zero-order chi connectivity index (χ0) is 32.6. The highest BCUT2D eigenvalue weighted by atomic mass is 32.1. The fourth-order valence-corrected chi connectivity index (χ4v) is 5.74. The van der Waals surface area contributed by atoms with Crippen LogP contribution in [0.2, 0.25) is 0 Å². The van der Waals surface area contributed by atoms with Crippen LogP contribution in [0.25, 0.3) is 11.8 Å². The van der Waals surface area contributed by atoms with Gasteiger partial charge in [-0.25, -0.2) is 0 Å². The summed E-state index contributed by atoms with van der Waals surface area (Å²) in [6.07, 6.45) is -3.27. The maximum absolute atomic E-state index is 12.9. The predicted octanol–water partition coefficient (Wildman–Crippen LogP) is 1.90. The number of nitrogens with zero attached hydrogens (tertiary/aromatic N) is 4. The van der Waals surface area contributed by atoms with Crippen molar-refractivity contribution in [3.05, 3.63) is 68.1 Å². The zero-order valence-electron chi connectivity index (χ0n) is 24.6. The Morgan fingerprint density at radius 2 is 1.78 bits per heavy atom. The Morgan fingerprint density at radius 3 is 2.40 bits per heavy atom. The number of piperazine rings is 1. The summed E-state index contributed by atoms with van der Waals surface area (Å²) >= 11 is 0.805. The number of halogens is 3. The molecule has 4 rings (SSSR count). The van der Waals surface area contributed by atoms with Gasteiger partial charge in [0.05, 0.1) is 13.7 Å². The van der Waals surface area contributed by atoms with Crippen LogP contribution in [-0.4, -0.2) is 73.8 Å². The average Bonchev–Trinajstić information content (AvgIpc) is 3.34. The van der Waals surface area contributed by atoms with Gasteiger partial charge in [0.25, 0.3) is 11.5 Å². The first-order chi connectivity index (χ1) is 21.5. The Kier molecular flexibility index (Phi) is 10.9. The lowest BCUT2D eigenvalue weighted by atomic mass is 10.2. The van der Waals surface area contributed by atoms with Gasteiger partial charge in [0.1, 0.15) is 27.6 Å². The number of nitriles is 1. The molecule has 238 valence electrons. The molecule has 2 aromatic carbocycles. The molecule has 0 saturated carbocycles. The first-order valence-electron chi connectivity index (χ1n) is 14.0. The van der Waals surface area contributed by atoms with Crippen molar-refractivity contribution in [3.8, 4) is 11.8 Å². The van der Waals surface area contributed by atoms with Crippen LogP contribution in [0, 0.1) is 11.3 Å². The standard InChI is InChI=1S/C30H32F3N7O4S/c1-3-40-28(43)25(45-29(40)24(16-34)27(42)36-19-30(31,32)33)17-35-20-5-4-6-21(15-20)37-26(41)18-38-11-13-39(14-12-38)22-7-9-23(44-2)10-8-22/h4-10,15,17,35H,3,11-14,18-19H2,1-2H3,(H,36,42)(H,37,41)/b25-17+,29-24-. The molecule has 45 heavy (non-hydrogen) atoms. The lowest BCUT2D eigenvalue weighted by Gasteiger charge is -2.35. The number of aromatic nitrogens is 1. The molecule has 1 saturated heterocycles. The number of carbonyl (C=O) groups excluding carboxylic acids is 2. The van der Waals surface area contributed by atoms with Crippen LogP contribution in [0.1, 0.15) is 6.92 Å². The number of hydrogen-bond acceptors (Lipinski definition) is 9. The van der Waals surface area contributed by atoms with Gasteiger partial charge in [-0.1, -0.05) is 6.07 Å². The predicted molar refractivity (Wildman–Crippen MR) is 166 cm³/mol. The van der Waals surface area contributed by atoms with Crippen LogP contribution >= 0.6 is 11.3 Å². The quantitative estimate of drug-likeness (QED) is 0.306. The number of amides is 2. The van der Waals surface area contributed by atoms with Crippen molar-refractivity contribution in [2.45, 2.75) is 19.6 Å². The normalized spacial score (nSPS) is 14.8. The number of carbonyl (C=O) groups is 2. The molecule has 3 aromatic rings. The van der Waals surface area contributed by atoms with Crippen LogP contribution in [0.4, 0.5) is 30.2 Å². The lowest BCUT2D eigenvalue weighted by Crippen LogP contribution is -2.48. The third-order valence-electron chi connectivity index (χ3n) is 6.92. The Labute approximate surface area is 260 Å². The number of ether oxygens (including phenoxy) is 1. The first kappa shape index (κ1) is 33.1. The van der Waals surface area contributed by atoms with Gasteiger partial charge in [0.2, 0.25) is 5.91 Å². The molecule has 0 spiro atoms. The Bertz CT molecular complexity index is 1740. The fourth-order valence-electron chi connectivity index (χ4n) is 4.65. The van der Waals surface area contributed by atoms with Gasteiger partial charge in [-0.15, -0.1) is 11.3 Å². The minimum absolute atomic E-state index is 0.0522. The maximum Gasteiger partial charge on any atom is 0.405 e. The highest BCUT2D eigenvalue weighted by molar-refractivity contribution is 7.07. The summed E-state index contributed by atoms with van der Waals surface area (Å²) in [6, 6.07) is 16.3. The summed E-state index contributed by atoms with van der Waals surface area (Å²) in [5, 5.41) is 17.0. The largest absolute Gasteiger partial charge is 0.497 e. The number of methoxy groups -OCH3 is 1. The van der Waals surface area contributed by atoms with Crippen molar-refractivity contribution in [1.82, 2.24) is 14.8 Å². The van der Waals surface area contributed by atoms with Gasteiger partial charge < -0.3 is 25.6 Å². The van der Waals surface area contributed by atoms with E-state index in [9.17, 15) is 32.8 Å². The van der Waals surface area contributed by atoms with E-state index < -0.39 is 29.8 Å². The van der Waals surface area contributed by atoms with Crippen molar-refractivity contribution in [3.63, 3.8) is 0 Å². The van der Waals surface area contributed by atoms with Crippen molar-refractivity contribution in [2.75, 3.05) is 61.9 Å². The van der Waals surface area contributed by atoms with E-state index in [1.54, 1.807) is 49.7 Å². The second-order valence-electron chi connectivity index (χ2n) is 9.98. The molecule has 1 aromatic heterocycles. The summed E-state index contributed by atoms with van der Waals surface area (Å²) < 4.78 is 44.1. The van der Waals surface area contributed by atoms with E-state index in [0.29, 0.717) is 11.4 Å². The summed E-state index contributed by atoms with van der Waals surface area (Å²) in [7, 11) is 1.63. The van der Waals surface area contributed by atoms with E-state index in [2.05, 4.69) is 20.4 Å². The molecule has 3 N–H and O–H groups in total.